The molecule has 0 saturated heterocycles. The number of methoxy groups -OCH3 is 1. The van der Waals surface area contributed by atoms with Gasteiger partial charge in [0.2, 0.25) is 0 Å². The highest BCUT2D eigenvalue weighted by molar-refractivity contribution is 5.81. The molecule has 0 radical (unpaired) electrons. The Hall–Kier alpha value is -2.48. The summed E-state index contributed by atoms with van der Waals surface area (Å²) >= 11 is 0. The third kappa shape index (κ3) is 3.06. The average Bonchev–Trinajstić information content (AvgIpc) is 2.40. The molecule has 0 bridgehead atoms. The van der Waals surface area contributed by atoms with Gasteiger partial charge in [-0.25, -0.2) is 14.2 Å². The smallest absolute Gasteiger partial charge is 0.328 e. The number of nitrogens with zero attached hydrogens (tertiary/aromatic N) is 2. The Labute approximate surface area is 125 Å². The van der Waals surface area contributed by atoms with Crippen LogP contribution in [0.4, 0.5) is 10.1 Å². The first-order valence-electron chi connectivity index (χ1n) is 6.47. The van der Waals surface area contributed by atoms with E-state index in [0.717, 1.165) is 10.5 Å². The van der Waals surface area contributed by atoms with Gasteiger partial charge in [0.15, 0.2) is 11.5 Å². The number of anilines is 1. The van der Waals surface area contributed by atoms with Crippen LogP contribution >= 0.6 is 0 Å². The minimum Gasteiger partial charge on any atom is -0.480 e. The molecule has 22 heavy (non-hydrogen) atoms. The van der Waals surface area contributed by atoms with E-state index in [1.807, 2.05) is 0 Å². The molecule has 7 nitrogen and oxygen atoms in total. The topological polar surface area (TPSA) is 92.9 Å². The van der Waals surface area contributed by atoms with Crippen molar-refractivity contribution in [3.8, 4) is 0 Å². The normalized spacial score (nSPS) is 11.6. The molecule has 0 aliphatic rings. The highest BCUT2D eigenvalue weighted by Gasteiger charge is 2.27. The van der Waals surface area contributed by atoms with Gasteiger partial charge >= 0.3 is 5.97 Å². The molecule has 0 fully saturated rings. The predicted octanol–water partition coefficient (Wildman–Crippen LogP) is 1.26. The molecule has 2 heterocycles. The van der Waals surface area contributed by atoms with Gasteiger partial charge in [-0.1, -0.05) is 0 Å². The summed E-state index contributed by atoms with van der Waals surface area (Å²) in [5.74, 6) is -1.84. The van der Waals surface area contributed by atoms with Crippen molar-refractivity contribution in [2.45, 2.75) is 26.0 Å². The lowest BCUT2D eigenvalue weighted by molar-refractivity contribution is -0.141. The first kappa shape index (κ1) is 15.9. The minimum absolute atomic E-state index is 0.0945. The molecule has 0 aliphatic carbocycles. The van der Waals surface area contributed by atoms with Crippen LogP contribution < -0.4 is 10.9 Å². The standard InChI is InChI=1S/C14H16FN3O4/c1-14(2,13(20)21)17-8-4-10(15)12-16-9(7-22-3)5-11(19)18(12)6-8/h4-6,17H,7H2,1-3H3,(H,20,21). The zero-order chi connectivity index (χ0) is 16.5. The van der Waals surface area contributed by atoms with Crippen LogP contribution in [-0.4, -0.2) is 33.1 Å². The third-order valence-corrected chi connectivity index (χ3v) is 3.05. The Balaban J connectivity index is 2.54. The highest BCUT2D eigenvalue weighted by atomic mass is 19.1. The number of carbonyl (C=O) groups is 1. The second-order valence-corrected chi connectivity index (χ2v) is 5.34. The van der Waals surface area contributed by atoms with E-state index < -0.39 is 22.9 Å². The molecule has 0 atom stereocenters. The molecule has 0 spiro atoms. The van der Waals surface area contributed by atoms with Crippen molar-refractivity contribution in [2.75, 3.05) is 12.4 Å². The summed E-state index contributed by atoms with van der Waals surface area (Å²) in [7, 11) is 1.45. The van der Waals surface area contributed by atoms with Gasteiger partial charge in [-0.3, -0.25) is 9.20 Å². The zero-order valence-corrected chi connectivity index (χ0v) is 12.4. The largest absolute Gasteiger partial charge is 0.480 e. The van der Waals surface area contributed by atoms with E-state index in [1.54, 1.807) is 0 Å². The number of rotatable bonds is 5. The van der Waals surface area contributed by atoms with Gasteiger partial charge in [0.05, 0.1) is 18.0 Å². The summed E-state index contributed by atoms with van der Waals surface area (Å²) < 4.78 is 20.1. The molecule has 2 aromatic rings. The summed E-state index contributed by atoms with van der Waals surface area (Å²) in [4.78, 5) is 27.2. The van der Waals surface area contributed by atoms with Crippen LogP contribution in [0.1, 0.15) is 19.5 Å². The van der Waals surface area contributed by atoms with Gasteiger partial charge in [0.25, 0.3) is 5.56 Å². The van der Waals surface area contributed by atoms with E-state index in [-0.39, 0.29) is 17.9 Å². The number of aliphatic carboxylic acids is 1. The molecule has 118 valence electrons. The van der Waals surface area contributed by atoms with Crippen molar-refractivity contribution in [2.24, 2.45) is 0 Å². The van der Waals surface area contributed by atoms with Crippen LogP contribution in [-0.2, 0) is 16.1 Å². The Morgan fingerprint density at radius 3 is 2.77 bits per heavy atom. The fraction of sp³-hybridized carbons (Fsp3) is 0.357. The maximum absolute atomic E-state index is 14.2. The molecule has 2 rings (SSSR count). The molecule has 8 heteroatoms. The van der Waals surface area contributed by atoms with Crippen molar-refractivity contribution in [3.05, 3.63) is 40.2 Å². The summed E-state index contributed by atoms with van der Waals surface area (Å²) in [6, 6.07) is 2.34. The van der Waals surface area contributed by atoms with Gasteiger partial charge < -0.3 is 15.2 Å². The number of halogens is 1. The van der Waals surface area contributed by atoms with Crippen LogP contribution in [0.2, 0.25) is 0 Å². The molecule has 0 amide bonds. The van der Waals surface area contributed by atoms with E-state index in [9.17, 15) is 14.0 Å². The van der Waals surface area contributed by atoms with Crippen LogP contribution in [0.3, 0.4) is 0 Å². The zero-order valence-electron chi connectivity index (χ0n) is 12.4. The molecular weight excluding hydrogens is 293 g/mol. The molecular formula is C14H16FN3O4. The number of pyridine rings is 1. The number of carboxylic acid groups (broad SMARTS) is 1. The lowest BCUT2D eigenvalue weighted by Gasteiger charge is -2.22. The number of carboxylic acids is 1. The first-order chi connectivity index (χ1) is 10.2. The maximum atomic E-state index is 14.2. The summed E-state index contributed by atoms with van der Waals surface area (Å²) in [5.41, 5.74) is -1.45. The monoisotopic (exact) mass is 309 g/mol. The Morgan fingerprint density at radius 1 is 1.50 bits per heavy atom. The number of hydrogen-bond acceptors (Lipinski definition) is 5. The summed E-state index contributed by atoms with van der Waals surface area (Å²) in [5, 5.41) is 11.8. The second kappa shape index (κ2) is 5.72. The van der Waals surface area contributed by atoms with Crippen LogP contribution in [0.15, 0.2) is 23.1 Å². The Bertz CT molecular complexity index is 785. The van der Waals surface area contributed by atoms with Crippen molar-refractivity contribution in [1.29, 1.82) is 0 Å². The highest BCUT2D eigenvalue weighted by Crippen LogP contribution is 2.18. The van der Waals surface area contributed by atoms with E-state index in [1.165, 1.54) is 33.2 Å². The number of ether oxygens (including phenoxy) is 1. The Morgan fingerprint density at radius 2 is 2.18 bits per heavy atom. The SMILES string of the molecule is COCc1cc(=O)n2cc(NC(C)(C)C(=O)O)cc(F)c2n1. The fourth-order valence-electron chi connectivity index (χ4n) is 1.91. The van der Waals surface area contributed by atoms with E-state index in [4.69, 9.17) is 9.84 Å². The quantitative estimate of drug-likeness (QED) is 0.863. The number of hydrogen-bond donors (Lipinski definition) is 2. The first-order valence-corrected chi connectivity index (χ1v) is 6.47. The van der Waals surface area contributed by atoms with Gasteiger partial charge in [0, 0.05) is 25.4 Å². The molecule has 0 unspecified atom stereocenters. The number of fused-ring (bicyclic) bond motifs is 1. The number of nitrogens with one attached hydrogen (secondary N) is 1. The van der Waals surface area contributed by atoms with Crippen molar-refractivity contribution in [3.63, 3.8) is 0 Å². The molecule has 0 saturated carbocycles. The number of aromatic nitrogens is 2. The lowest BCUT2D eigenvalue weighted by atomic mass is 10.1. The van der Waals surface area contributed by atoms with Crippen molar-refractivity contribution in [1.82, 2.24) is 9.38 Å². The van der Waals surface area contributed by atoms with E-state index >= 15 is 0 Å². The van der Waals surface area contributed by atoms with E-state index in [2.05, 4.69) is 10.3 Å². The van der Waals surface area contributed by atoms with Gasteiger partial charge in [0.1, 0.15) is 5.54 Å². The lowest BCUT2D eigenvalue weighted by Crippen LogP contribution is -2.40. The maximum Gasteiger partial charge on any atom is 0.328 e. The molecule has 2 N–H and O–H groups in total. The third-order valence-electron chi connectivity index (χ3n) is 3.05. The predicted molar refractivity (Wildman–Crippen MR) is 77.5 cm³/mol. The minimum atomic E-state index is -1.31. The van der Waals surface area contributed by atoms with E-state index in [0.29, 0.717) is 5.69 Å². The fourth-order valence-corrected chi connectivity index (χ4v) is 1.91. The van der Waals surface area contributed by atoms with Gasteiger partial charge in [-0.15, -0.1) is 0 Å². The molecule has 0 aliphatic heterocycles. The van der Waals surface area contributed by atoms with Crippen molar-refractivity contribution >= 4 is 17.3 Å². The summed E-state index contributed by atoms with van der Waals surface area (Å²) in [6.45, 7) is 2.96. The summed E-state index contributed by atoms with van der Waals surface area (Å²) in [6.07, 6.45) is 1.31. The average molecular weight is 309 g/mol. The molecule has 2 aromatic heterocycles. The second-order valence-electron chi connectivity index (χ2n) is 5.34. The van der Waals surface area contributed by atoms with Crippen molar-refractivity contribution < 1.29 is 19.0 Å². The van der Waals surface area contributed by atoms with Crippen LogP contribution in [0, 0.1) is 5.82 Å². The van der Waals surface area contributed by atoms with Gasteiger partial charge in [-0.2, -0.15) is 0 Å². The van der Waals surface area contributed by atoms with Gasteiger partial charge in [-0.05, 0) is 13.8 Å². The van der Waals surface area contributed by atoms with Crippen LogP contribution in [0.25, 0.3) is 5.65 Å². The molecule has 0 aromatic carbocycles. The Kier molecular flexibility index (Phi) is 4.14. The van der Waals surface area contributed by atoms with Crippen LogP contribution in [0.5, 0.6) is 0 Å².